The number of methoxy groups -OCH3 is 1. The van der Waals surface area contributed by atoms with Crippen LogP contribution in [0.25, 0.3) is 5.76 Å². The van der Waals surface area contributed by atoms with E-state index in [2.05, 4.69) is 0 Å². The van der Waals surface area contributed by atoms with E-state index in [1.54, 1.807) is 24.3 Å². The molecule has 1 saturated heterocycles. The minimum Gasteiger partial charge on any atom is -0.507 e. The molecule has 2 aromatic carbocycles. The van der Waals surface area contributed by atoms with Crippen LogP contribution in [-0.2, 0) is 20.7 Å². The molecular weight excluding hydrogens is 410 g/mol. The molecule has 32 heavy (non-hydrogen) atoms. The van der Waals surface area contributed by atoms with Crippen LogP contribution in [0.4, 0.5) is 0 Å². The molecule has 0 spiro atoms. The molecular formula is C25H29NO6. The fourth-order valence-electron chi connectivity index (χ4n) is 3.77. The van der Waals surface area contributed by atoms with Crippen molar-refractivity contribution in [3.63, 3.8) is 0 Å². The highest BCUT2D eigenvalue weighted by Gasteiger charge is 2.46. The number of carbonyl (C=O) groups is 2. The third-order valence-electron chi connectivity index (χ3n) is 5.48. The number of amides is 1. The van der Waals surface area contributed by atoms with Gasteiger partial charge in [-0.05, 0) is 43.5 Å². The zero-order valence-corrected chi connectivity index (χ0v) is 18.8. The number of phenolic OH excluding ortho intramolecular Hbond substituents is 1. The third kappa shape index (κ3) is 4.62. The van der Waals surface area contributed by atoms with E-state index in [9.17, 15) is 19.8 Å². The van der Waals surface area contributed by atoms with Gasteiger partial charge in [0.05, 0.1) is 31.4 Å². The number of carbonyl (C=O) groups excluding carboxylic acids is 2. The number of ether oxygens (including phenoxy) is 2. The SMILES string of the molecule is CCc1ccc(/C(O)=C2/C(=O)C(=O)N(CCOC(C)C)C2c2ccc(OC)c(O)c2)cc1. The number of benzene rings is 2. The molecule has 2 N–H and O–H groups in total. The predicted octanol–water partition coefficient (Wildman–Crippen LogP) is 3.81. The van der Waals surface area contributed by atoms with Crippen LogP contribution in [0.15, 0.2) is 48.0 Å². The molecule has 1 aliphatic rings. The number of aromatic hydroxyl groups is 1. The van der Waals surface area contributed by atoms with Gasteiger partial charge in [-0.2, -0.15) is 0 Å². The summed E-state index contributed by atoms with van der Waals surface area (Å²) in [6.07, 6.45) is 0.805. The van der Waals surface area contributed by atoms with Gasteiger partial charge in [-0.1, -0.05) is 37.3 Å². The van der Waals surface area contributed by atoms with Crippen LogP contribution in [0.2, 0.25) is 0 Å². The monoisotopic (exact) mass is 439 g/mol. The summed E-state index contributed by atoms with van der Waals surface area (Å²) in [5, 5.41) is 21.4. The van der Waals surface area contributed by atoms with Crippen molar-refractivity contribution in [2.45, 2.75) is 39.3 Å². The fourth-order valence-corrected chi connectivity index (χ4v) is 3.77. The van der Waals surface area contributed by atoms with Gasteiger partial charge in [-0.15, -0.1) is 0 Å². The summed E-state index contributed by atoms with van der Waals surface area (Å²) in [6.45, 7) is 6.18. The van der Waals surface area contributed by atoms with E-state index in [1.165, 1.54) is 18.1 Å². The zero-order valence-electron chi connectivity index (χ0n) is 18.8. The molecule has 1 fully saturated rings. The molecule has 7 nitrogen and oxygen atoms in total. The second-order valence-electron chi connectivity index (χ2n) is 7.89. The minimum atomic E-state index is -0.867. The van der Waals surface area contributed by atoms with Gasteiger partial charge in [0.15, 0.2) is 11.5 Å². The number of ketones is 1. The largest absolute Gasteiger partial charge is 0.507 e. The van der Waals surface area contributed by atoms with Crippen molar-refractivity contribution in [3.8, 4) is 11.5 Å². The molecule has 2 aromatic rings. The smallest absolute Gasteiger partial charge is 0.295 e. The van der Waals surface area contributed by atoms with Crippen LogP contribution >= 0.6 is 0 Å². The Morgan fingerprint density at radius 1 is 1.12 bits per heavy atom. The van der Waals surface area contributed by atoms with Crippen LogP contribution in [0.5, 0.6) is 11.5 Å². The molecule has 0 radical (unpaired) electrons. The van der Waals surface area contributed by atoms with E-state index in [1.807, 2.05) is 32.9 Å². The first-order valence-corrected chi connectivity index (χ1v) is 10.6. The van der Waals surface area contributed by atoms with Crippen molar-refractivity contribution in [1.29, 1.82) is 0 Å². The Morgan fingerprint density at radius 2 is 1.81 bits per heavy atom. The molecule has 3 rings (SSSR count). The van der Waals surface area contributed by atoms with Crippen LogP contribution in [-0.4, -0.2) is 53.2 Å². The Balaban J connectivity index is 2.10. The normalized spacial score (nSPS) is 17.9. The first-order valence-electron chi connectivity index (χ1n) is 10.6. The second kappa shape index (κ2) is 9.87. The summed E-state index contributed by atoms with van der Waals surface area (Å²) < 4.78 is 10.7. The molecule has 1 amide bonds. The predicted molar refractivity (Wildman–Crippen MR) is 121 cm³/mol. The standard InChI is InChI=1S/C25H29NO6/c1-5-16-6-8-17(9-7-16)23(28)21-22(18-10-11-20(31-4)19(27)14-18)26(25(30)24(21)29)12-13-32-15(2)3/h6-11,14-15,22,27-28H,5,12-13H2,1-4H3/b23-21-. The third-order valence-corrected chi connectivity index (χ3v) is 5.48. The second-order valence-corrected chi connectivity index (χ2v) is 7.89. The van der Waals surface area contributed by atoms with Crippen LogP contribution in [0.3, 0.4) is 0 Å². The summed E-state index contributed by atoms with van der Waals surface area (Å²) >= 11 is 0. The molecule has 7 heteroatoms. The maximum atomic E-state index is 13.0. The zero-order chi connectivity index (χ0) is 23.4. The highest BCUT2D eigenvalue weighted by Crippen LogP contribution is 2.41. The van der Waals surface area contributed by atoms with E-state index in [0.29, 0.717) is 11.1 Å². The number of likely N-dealkylation sites (tertiary alicyclic amines) is 1. The Bertz CT molecular complexity index is 1030. The summed E-state index contributed by atoms with van der Waals surface area (Å²) in [7, 11) is 1.43. The Morgan fingerprint density at radius 3 is 2.38 bits per heavy atom. The number of Topliss-reactive ketones (excluding diaryl/α,β-unsaturated/α-hetero) is 1. The number of aliphatic hydroxyl groups is 1. The first kappa shape index (κ1) is 23.3. The first-order chi connectivity index (χ1) is 15.3. The van der Waals surface area contributed by atoms with Crippen LogP contribution in [0, 0.1) is 0 Å². The van der Waals surface area contributed by atoms with Crippen LogP contribution in [0.1, 0.15) is 43.5 Å². The van der Waals surface area contributed by atoms with E-state index in [0.717, 1.165) is 12.0 Å². The molecule has 1 heterocycles. The average molecular weight is 440 g/mol. The summed E-state index contributed by atoms with van der Waals surface area (Å²) in [5.41, 5.74) is 2.00. The Labute approximate surface area is 187 Å². The number of nitrogens with zero attached hydrogens (tertiary/aromatic N) is 1. The molecule has 1 unspecified atom stereocenters. The van der Waals surface area contributed by atoms with Crippen molar-refractivity contribution in [1.82, 2.24) is 4.90 Å². The number of hydrogen-bond donors (Lipinski definition) is 2. The quantitative estimate of drug-likeness (QED) is 0.369. The van der Waals surface area contributed by atoms with Crippen molar-refractivity contribution in [3.05, 3.63) is 64.7 Å². The van der Waals surface area contributed by atoms with E-state index in [4.69, 9.17) is 9.47 Å². The van der Waals surface area contributed by atoms with E-state index < -0.39 is 17.7 Å². The molecule has 1 aliphatic heterocycles. The van der Waals surface area contributed by atoms with E-state index >= 15 is 0 Å². The summed E-state index contributed by atoms with van der Waals surface area (Å²) in [4.78, 5) is 27.3. The lowest BCUT2D eigenvalue weighted by Gasteiger charge is -2.26. The number of hydrogen-bond acceptors (Lipinski definition) is 6. The lowest BCUT2D eigenvalue weighted by Crippen LogP contribution is -2.33. The van der Waals surface area contributed by atoms with Gasteiger partial charge in [0, 0.05) is 12.1 Å². The molecule has 170 valence electrons. The number of phenols is 1. The average Bonchev–Trinajstić information content (AvgIpc) is 3.03. The minimum absolute atomic E-state index is 0.0200. The van der Waals surface area contributed by atoms with Crippen LogP contribution < -0.4 is 4.74 Å². The van der Waals surface area contributed by atoms with Gasteiger partial charge in [0.1, 0.15) is 5.76 Å². The van der Waals surface area contributed by atoms with Gasteiger partial charge >= 0.3 is 0 Å². The fraction of sp³-hybridized carbons (Fsp3) is 0.360. The maximum Gasteiger partial charge on any atom is 0.295 e. The van der Waals surface area contributed by atoms with Crippen molar-refractivity contribution < 1.29 is 29.3 Å². The lowest BCUT2D eigenvalue weighted by molar-refractivity contribution is -0.140. The molecule has 0 aromatic heterocycles. The molecule has 0 aliphatic carbocycles. The Hall–Kier alpha value is -3.32. The number of rotatable bonds is 8. The maximum absolute atomic E-state index is 13.0. The van der Waals surface area contributed by atoms with Gasteiger partial charge in [-0.25, -0.2) is 0 Å². The van der Waals surface area contributed by atoms with Crippen molar-refractivity contribution in [2.24, 2.45) is 0 Å². The van der Waals surface area contributed by atoms with Gasteiger partial charge in [0.2, 0.25) is 0 Å². The van der Waals surface area contributed by atoms with Crippen molar-refractivity contribution >= 4 is 17.4 Å². The van der Waals surface area contributed by atoms with E-state index in [-0.39, 0.29) is 42.1 Å². The van der Waals surface area contributed by atoms with Gasteiger partial charge in [0.25, 0.3) is 11.7 Å². The summed E-state index contributed by atoms with van der Waals surface area (Å²) in [6, 6.07) is 11.0. The lowest BCUT2D eigenvalue weighted by atomic mass is 9.94. The topological polar surface area (TPSA) is 96.3 Å². The Kier molecular flexibility index (Phi) is 7.20. The molecule has 0 bridgehead atoms. The summed E-state index contributed by atoms with van der Waals surface area (Å²) in [5.74, 6) is -1.60. The number of aryl methyl sites for hydroxylation is 1. The molecule has 1 atom stereocenters. The highest BCUT2D eigenvalue weighted by atomic mass is 16.5. The van der Waals surface area contributed by atoms with Crippen molar-refractivity contribution in [2.75, 3.05) is 20.3 Å². The van der Waals surface area contributed by atoms with Gasteiger partial charge < -0.3 is 24.6 Å². The molecule has 0 saturated carbocycles. The number of aliphatic hydroxyl groups excluding tert-OH is 1. The van der Waals surface area contributed by atoms with Gasteiger partial charge in [-0.3, -0.25) is 9.59 Å². The highest BCUT2D eigenvalue weighted by molar-refractivity contribution is 6.46.